The number of alkyl halides is 1. The predicted molar refractivity (Wildman–Crippen MR) is 148 cm³/mol. The van der Waals surface area contributed by atoms with Crippen LogP contribution in [0, 0.1) is 6.92 Å². The fourth-order valence-electron chi connectivity index (χ4n) is 4.52. The lowest BCUT2D eigenvalue weighted by molar-refractivity contribution is 0.0590. The van der Waals surface area contributed by atoms with E-state index in [2.05, 4.69) is 0 Å². The lowest BCUT2D eigenvalue weighted by atomic mass is 9.81. The van der Waals surface area contributed by atoms with Crippen molar-refractivity contribution in [2.75, 3.05) is 7.11 Å². The van der Waals surface area contributed by atoms with E-state index in [1.54, 1.807) is 7.11 Å². The Balaban J connectivity index is 1.78. The van der Waals surface area contributed by atoms with Gasteiger partial charge in [-0.25, -0.2) is 0 Å². The molecule has 2 atom stereocenters. The number of halogens is 1. The van der Waals surface area contributed by atoms with Crippen LogP contribution in [0.15, 0.2) is 114 Å². The third-order valence-electron chi connectivity index (χ3n) is 6.58. The van der Waals surface area contributed by atoms with Gasteiger partial charge in [-0.05, 0) is 67.1 Å². The van der Waals surface area contributed by atoms with Crippen molar-refractivity contribution >= 4 is 22.4 Å². The van der Waals surface area contributed by atoms with E-state index in [0.717, 1.165) is 23.3 Å². The van der Waals surface area contributed by atoms with E-state index in [0.29, 0.717) is 28.9 Å². The van der Waals surface area contributed by atoms with Crippen molar-refractivity contribution in [2.45, 2.75) is 40.9 Å². The topological polar surface area (TPSA) is 46.5 Å². The van der Waals surface area contributed by atoms with Gasteiger partial charge in [-0.2, -0.15) is 0 Å². The molecule has 0 saturated carbocycles. The highest BCUT2D eigenvalue weighted by atomic mass is 35.5. The molecule has 0 bridgehead atoms. The quantitative estimate of drug-likeness (QED) is 0.230. The zero-order chi connectivity index (χ0) is 25.6. The first kappa shape index (κ1) is 26.2. The summed E-state index contributed by atoms with van der Waals surface area (Å²) in [6, 6.07) is 34.1. The zero-order valence-corrected chi connectivity index (χ0v) is 22.1. The van der Waals surface area contributed by atoms with Crippen molar-refractivity contribution in [1.29, 1.82) is 0 Å². The molecule has 0 fully saturated rings. The maximum absolute atomic E-state index is 14.3. The molecule has 0 radical (unpaired) electrons. The average molecular weight is 519 g/mol. The summed E-state index contributed by atoms with van der Waals surface area (Å²) in [7, 11) is -0.0889. The summed E-state index contributed by atoms with van der Waals surface area (Å²) in [6.45, 7) is 1.99. The first-order valence-corrected chi connectivity index (χ1v) is 13.5. The number of hydrogen-bond acceptors (Lipinski definition) is 3. The number of rotatable bonds is 10. The molecule has 0 aromatic heterocycles. The maximum Gasteiger partial charge on any atom is 0.161 e. The lowest BCUT2D eigenvalue weighted by Gasteiger charge is -2.43. The predicted octanol–water partition coefficient (Wildman–Crippen LogP) is 7.01. The fourth-order valence-corrected chi connectivity index (χ4v) is 6.73. The van der Waals surface area contributed by atoms with Crippen molar-refractivity contribution in [1.82, 2.24) is 0 Å². The summed E-state index contributed by atoms with van der Waals surface area (Å²) in [5.41, 5.74) is 1.70. The smallest absolute Gasteiger partial charge is 0.161 e. The third kappa shape index (κ3) is 5.27. The highest BCUT2D eigenvalue weighted by molar-refractivity contribution is 7.88. The van der Waals surface area contributed by atoms with Crippen LogP contribution in [0.25, 0.3) is 0 Å². The molecule has 2 unspecified atom stereocenters. The molecular formula is C31H31ClO3S. The molecule has 36 heavy (non-hydrogen) atoms. The molecule has 1 N–H and O–H groups in total. The largest absolute Gasteiger partial charge is 0.497 e. The monoisotopic (exact) mass is 518 g/mol. The molecule has 0 aliphatic rings. The highest BCUT2D eigenvalue weighted by Crippen LogP contribution is 2.50. The maximum atomic E-state index is 14.3. The van der Waals surface area contributed by atoms with E-state index >= 15 is 0 Å². The van der Waals surface area contributed by atoms with Crippen LogP contribution >= 0.6 is 11.6 Å². The second kappa shape index (κ2) is 11.4. The normalized spacial score (nSPS) is 14.1. The molecule has 5 heteroatoms. The van der Waals surface area contributed by atoms with E-state index < -0.39 is 20.6 Å². The van der Waals surface area contributed by atoms with Gasteiger partial charge in [0.05, 0.1) is 17.9 Å². The van der Waals surface area contributed by atoms with E-state index in [1.807, 2.05) is 116 Å². The van der Waals surface area contributed by atoms with Crippen LogP contribution in [0.4, 0.5) is 0 Å². The molecule has 0 amide bonds. The summed E-state index contributed by atoms with van der Waals surface area (Å²) < 4.78 is 18.0. The Hall–Kier alpha value is -2.92. The Kier molecular flexibility index (Phi) is 8.30. The first-order valence-electron chi connectivity index (χ1n) is 12.0. The van der Waals surface area contributed by atoms with Crippen LogP contribution in [0.1, 0.15) is 35.1 Å². The first-order chi connectivity index (χ1) is 17.4. The summed E-state index contributed by atoms with van der Waals surface area (Å²) in [4.78, 5) is 0.588. The second-order valence-electron chi connectivity index (χ2n) is 8.95. The van der Waals surface area contributed by atoms with Gasteiger partial charge >= 0.3 is 0 Å². The molecule has 186 valence electrons. The van der Waals surface area contributed by atoms with Gasteiger partial charge in [0.25, 0.3) is 0 Å². The number of aliphatic hydroxyl groups is 1. The Bertz CT molecular complexity index is 1240. The van der Waals surface area contributed by atoms with Gasteiger partial charge in [-0.3, -0.25) is 4.21 Å². The average Bonchev–Trinajstić information content (AvgIpc) is 2.93. The van der Waals surface area contributed by atoms with Crippen molar-refractivity contribution in [2.24, 2.45) is 0 Å². The van der Waals surface area contributed by atoms with E-state index in [-0.39, 0.29) is 0 Å². The summed E-state index contributed by atoms with van der Waals surface area (Å²) in [6.07, 6.45) is 1.68. The van der Waals surface area contributed by atoms with E-state index in [4.69, 9.17) is 16.3 Å². The fraction of sp³-hybridized carbons (Fsp3) is 0.226. The second-order valence-corrected chi connectivity index (χ2v) is 11.5. The van der Waals surface area contributed by atoms with Crippen molar-refractivity contribution in [3.05, 3.63) is 131 Å². The van der Waals surface area contributed by atoms with E-state index in [9.17, 15) is 9.32 Å². The van der Waals surface area contributed by atoms with Crippen LogP contribution in [-0.2, 0) is 22.8 Å². The molecule has 0 aliphatic heterocycles. The number of hydrogen-bond donors (Lipinski definition) is 1. The van der Waals surface area contributed by atoms with Crippen molar-refractivity contribution in [3.8, 4) is 5.75 Å². The van der Waals surface area contributed by atoms with Gasteiger partial charge in [0.2, 0.25) is 0 Å². The molecule has 0 saturated heterocycles. The molecule has 0 spiro atoms. The SMILES string of the molecule is COc1ccc(CCCC(Cl)(S(=O)c2ccc(C)cc2)C(O)(c2ccccc2)c2ccccc2)cc1. The molecule has 3 nitrogen and oxygen atoms in total. The minimum Gasteiger partial charge on any atom is -0.497 e. The summed E-state index contributed by atoms with van der Waals surface area (Å²) in [5.74, 6) is 0.799. The van der Waals surface area contributed by atoms with Crippen LogP contribution in [0.5, 0.6) is 5.75 Å². The number of methoxy groups -OCH3 is 1. The van der Waals surface area contributed by atoms with Gasteiger partial charge in [-0.15, -0.1) is 11.6 Å². The van der Waals surface area contributed by atoms with Gasteiger partial charge in [0, 0.05) is 4.90 Å². The summed E-state index contributed by atoms with van der Waals surface area (Å²) in [5, 5.41) is 12.6. The number of aryl methyl sites for hydroxylation is 2. The van der Waals surface area contributed by atoms with Crippen molar-refractivity contribution < 1.29 is 14.1 Å². The van der Waals surface area contributed by atoms with Gasteiger partial charge in [-0.1, -0.05) is 90.5 Å². The molecule has 4 rings (SSSR count). The third-order valence-corrected chi connectivity index (χ3v) is 9.25. The van der Waals surface area contributed by atoms with E-state index in [1.165, 1.54) is 0 Å². The van der Waals surface area contributed by atoms with Crippen LogP contribution in [-0.4, -0.2) is 20.6 Å². The Labute approximate surface area is 221 Å². The Morgan fingerprint density at radius 2 is 1.33 bits per heavy atom. The lowest BCUT2D eigenvalue weighted by Crippen LogP contribution is -2.51. The minimum absolute atomic E-state index is 0.321. The molecule has 4 aromatic rings. The molecular weight excluding hydrogens is 488 g/mol. The minimum atomic E-state index is -1.73. The molecule has 0 heterocycles. The number of benzene rings is 4. The van der Waals surface area contributed by atoms with Crippen LogP contribution in [0.2, 0.25) is 0 Å². The highest BCUT2D eigenvalue weighted by Gasteiger charge is 2.56. The van der Waals surface area contributed by atoms with Gasteiger partial charge in [0.1, 0.15) is 11.4 Å². The van der Waals surface area contributed by atoms with Crippen molar-refractivity contribution in [3.63, 3.8) is 0 Å². The van der Waals surface area contributed by atoms with Crippen LogP contribution in [0.3, 0.4) is 0 Å². The number of ether oxygens (including phenoxy) is 1. The van der Waals surface area contributed by atoms with Gasteiger partial charge in [0.15, 0.2) is 4.21 Å². The van der Waals surface area contributed by atoms with Crippen LogP contribution < -0.4 is 4.74 Å². The van der Waals surface area contributed by atoms with Gasteiger partial charge < -0.3 is 9.84 Å². The molecule has 0 aliphatic carbocycles. The summed E-state index contributed by atoms with van der Waals surface area (Å²) >= 11 is 7.48. The Morgan fingerprint density at radius 1 is 0.806 bits per heavy atom. The zero-order valence-electron chi connectivity index (χ0n) is 20.6. The standard InChI is InChI=1S/C31H31ClO3S/c1-24-15-21-29(22-16-24)36(34)30(32,23-9-10-25-17-19-28(35-2)20-18-25)31(33,26-11-5-3-6-12-26)27-13-7-4-8-14-27/h3-8,11-22,33H,9-10,23H2,1-2H3. The molecule has 4 aromatic carbocycles. The Morgan fingerprint density at radius 3 is 1.83 bits per heavy atom.